The summed E-state index contributed by atoms with van der Waals surface area (Å²) in [6.45, 7) is 3.81. The van der Waals surface area contributed by atoms with Crippen LogP contribution in [0, 0.1) is 0 Å². The molecule has 0 bridgehead atoms. The number of piperazine rings is 1. The lowest BCUT2D eigenvalue weighted by atomic mass is 10.1. The van der Waals surface area contributed by atoms with Gasteiger partial charge in [-0.3, -0.25) is 9.59 Å². The van der Waals surface area contributed by atoms with E-state index < -0.39 is 30.0 Å². The summed E-state index contributed by atoms with van der Waals surface area (Å²) in [5.41, 5.74) is 1.47. The number of aromatic nitrogens is 1. The van der Waals surface area contributed by atoms with Gasteiger partial charge in [0, 0.05) is 48.0 Å². The molecule has 2 N–H and O–H groups in total. The van der Waals surface area contributed by atoms with Gasteiger partial charge in [0.1, 0.15) is 11.7 Å². The highest BCUT2D eigenvalue weighted by Crippen LogP contribution is 2.31. The second kappa shape index (κ2) is 15.0. The third-order valence-electron chi connectivity index (χ3n) is 6.18. The molecule has 214 valence electrons. The molecule has 1 aliphatic heterocycles. The zero-order valence-electron chi connectivity index (χ0n) is 22.7. The van der Waals surface area contributed by atoms with E-state index in [4.69, 9.17) is 9.47 Å². The van der Waals surface area contributed by atoms with E-state index in [0.717, 1.165) is 15.4 Å². The Morgan fingerprint density at radius 3 is 2.34 bits per heavy atom. The lowest BCUT2D eigenvalue weighted by Gasteiger charge is -2.26. The molecule has 0 radical (unpaired) electrons. The number of hydrogen-bond acceptors (Lipinski definition) is 9. The van der Waals surface area contributed by atoms with Crippen molar-refractivity contribution in [3.05, 3.63) is 78.5 Å². The van der Waals surface area contributed by atoms with Crippen molar-refractivity contribution in [1.29, 1.82) is 0 Å². The summed E-state index contributed by atoms with van der Waals surface area (Å²) in [6.07, 6.45) is -1.05. The molecule has 2 amide bonds. The van der Waals surface area contributed by atoms with Gasteiger partial charge >= 0.3 is 18.0 Å². The highest BCUT2D eigenvalue weighted by molar-refractivity contribution is 7.99. The topological polar surface area (TPSA) is 127 Å². The summed E-state index contributed by atoms with van der Waals surface area (Å²) >= 11 is 1.47. The number of amides is 2. The Bertz CT molecular complexity index is 1350. The largest absolute Gasteiger partial charge is 0.466 e. The first kappa shape index (κ1) is 29.8. The van der Waals surface area contributed by atoms with E-state index in [1.54, 1.807) is 13.0 Å². The second-order valence-electron chi connectivity index (χ2n) is 9.15. The predicted octanol–water partition coefficient (Wildman–Crippen LogP) is 3.91. The van der Waals surface area contributed by atoms with E-state index in [-0.39, 0.29) is 25.1 Å². The number of hydrogen-bond donors (Lipinski definition) is 2. The van der Waals surface area contributed by atoms with Crippen LogP contribution >= 0.6 is 11.8 Å². The smallest absolute Gasteiger partial charge is 0.417 e. The average molecular weight is 577 g/mol. The molecule has 10 nitrogen and oxygen atoms in total. The molecule has 41 heavy (non-hydrogen) atoms. The van der Waals surface area contributed by atoms with Crippen LogP contribution in [-0.2, 0) is 19.1 Å². The number of ether oxygens (including phenoxy) is 2. The summed E-state index contributed by atoms with van der Waals surface area (Å²) in [5.74, 6) is -2.12. The Labute approximate surface area is 242 Å². The van der Waals surface area contributed by atoms with Crippen LogP contribution in [0.2, 0.25) is 0 Å². The van der Waals surface area contributed by atoms with Gasteiger partial charge in [0.2, 0.25) is 0 Å². The summed E-state index contributed by atoms with van der Waals surface area (Å²) in [5, 5.41) is 5.75. The Kier molecular flexibility index (Phi) is 10.9. The number of carbonyl (C=O) groups excluding carboxylic acids is 4. The maximum atomic E-state index is 13.5. The molecule has 0 aliphatic carbocycles. The molecule has 0 saturated carbocycles. The van der Waals surface area contributed by atoms with Crippen LogP contribution in [0.1, 0.15) is 30.3 Å². The Hall–Kier alpha value is -4.22. The molecule has 3 aromatic rings. The SMILES string of the molecule is CCOC(=O)CCC(NC(=O)c1cc(Sc2ccccc2)cc(-c2ccccc2)n1)C(=O)OC(=O)N1CCNCC1. The molecule has 1 saturated heterocycles. The summed E-state index contributed by atoms with van der Waals surface area (Å²) in [7, 11) is 0. The molecule has 2 aromatic carbocycles. The standard InChI is InChI=1S/C30H32N4O6S/c1-2-39-27(35)14-13-24(29(37)40-30(38)34-17-15-31-16-18-34)33-28(36)26-20-23(41-22-11-7-4-8-12-22)19-25(32-26)21-9-5-3-6-10-21/h3-12,19-20,24,31H,2,13-18H2,1H3,(H,33,36). The number of carbonyl (C=O) groups is 4. The second-order valence-corrected chi connectivity index (χ2v) is 10.3. The zero-order chi connectivity index (χ0) is 29.0. The third-order valence-corrected chi connectivity index (χ3v) is 7.15. The van der Waals surface area contributed by atoms with Gasteiger partial charge in [0.05, 0.1) is 12.3 Å². The Morgan fingerprint density at radius 1 is 0.976 bits per heavy atom. The highest BCUT2D eigenvalue weighted by atomic mass is 32.2. The van der Waals surface area contributed by atoms with Crippen LogP contribution in [0.4, 0.5) is 4.79 Å². The van der Waals surface area contributed by atoms with Crippen molar-refractivity contribution in [2.45, 2.75) is 35.6 Å². The van der Waals surface area contributed by atoms with Crippen molar-refractivity contribution in [2.24, 2.45) is 0 Å². The van der Waals surface area contributed by atoms with Crippen LogP contribution in [0.3, 0.4) is 0 Å². The van der Waals surface area contributed by atoms with E-state index in [1.807, 2.05) is 66.7 Å². The Balaban J connectivity index is 1.57. The average Bonchev–Trinajstić information content (AvgIpc) is 3.00. The first-order valence-electron chi connectivity index (χ1n) is 13.4. The molecule has 1 aromatic heterocycles. The van der Waals surface area contributed by atoms with Gasteiger partial charge in [-0.25, -0.2) is 14.6 Å². The monoisotopic (exact) mass is 576 g/mol. The van der Waals surface area contributed by atoms with Gasteiger partial charge in [0.15, 0.2) is 0 Å². The molecule has 1 unspecified atom stereocenters. The predicted molar refractivity (Wildman–Crippen MR) is 153 cm³/mol. The fourth-order valence-electron chi connectivity index (χ4n) is 4.11. The minimum absolute atomic E-state index is 0.0761. The van der Waals surface area contributed by atoms with Gasteiger partial charge in [-0.15, -0.1) is 0 Å². The number of nitrogens with zero attached hydrogens (tertiary/aromatic N) is 2. The molecular weight excluding hydrogens is 544 g/mol. The van der Waals surface area contributed by atoms with Crippen molar-refractivity contribution < 1.29 is 28.7 Å². The van der Waals surface area contributed by atoms with Crippen LogP contribution in [0.15, 0.2) is 82.6 Å². The summed E-state index contributed by atoms with van der Waals surface area (Å²) < 4.78 is 10.1. The van der Waals surface area contributed by atoms with Crippen LogP contribution in [0.5, 0.6) is 0 Å². The molecule has 0 spiro atoms. The van der Waals surface area contributed by atoms with Gasteiger partial charge in [-0.1, -0.05) is 60.3 Å². The maximum absolute atomic E-state index is 13.5. The zero-order valence-corrected chi connectivity index (χ0v) is 23.5. The van der Waals surface area contributed by atoms with Gasteiger partial charge in [-0.05, 0) is 37.6 Å². The van der Waals surface area contributed by atoms with Crippen LogP contribution < -0.4 is 10.6 Å². The quantitative estimate of drug-likeness (QED) is 0.273. The van der Waals surface area contributed by atoms with E-state index in [0.29, 0.717) is 31.9 Å². The van der Waals surface area contributed by atoms with Crippen molar-refractivity contribution >= 4 is 35.7 Å². The molecule has 1 fully saturated rings. The van der Waals surface area contributed by atoms with Crippen molar-refractivity contribution in [1.82, 2.24) is 20.5 Å². The van der Waals surface area contributed by atoms with Crippen molar-refractivity contribution in [3.63, 3.8) is 0 Å². The Morgan fingerprint density at radius 2 is 1.66 bits per heavy atom. The number of benzene rings is 2. The van der Waals surface area contributed by atoms with Gasteiger partial charge in [0.25, 0.3) is 5.91 Å². The molecule has 2 heterocycles. The number of pyridine rings is 1. The maximum Gasteiger partial charge on any atom is 0.417 e. The minimum atomic E-state index is -1.27. The van der Waals surface area contributed by atoms with Crippen molar-refractivity contribution in [2.75, 3.05) is 32.8 Å². The minimum Gasteiger partial charge on any atom is -0.466 e. The van der Waals surface area contributed by atoms with E-state index >= 15 is 0 Å². The van der Waals surface area contributed by atoms with Crippen LogP contribution in [-0.4, -0.2) is 72.7 Å². The normalized spacial score (nSPS) is 13.6. The molecular formula is C30H32N4O6S. The lowest BCUT2D eigenvalue weighted by Crippen LogP contribution is -2.49. The molecule has 1 atom stereocenters. The first-order chi connectivity index (χ1) is 19.9. The molecule has 4 rings (SSSR count). The van der Waals surface area contributed by atoms with Gasteiger partial charge < -0.3 is 25.0 Å². The van der Waals surface area contributed by atoms with Gasteiger partial charge in [-0.2, -0.15) is 0 Å². The van der Waals surface area contributed by atoms with E-state index in [1.165, 1.54) is 16.7 Å². The van der Waals surface area contributed by atoms with Crippen LogP contribution in [0.25, 0.3) is 11.3 Å². The lowest BCUT2D eigenvalue weighted by molar-refractivity contribution is -0.144. The third kappa shape index (κ3) is 8.89. The fourth-order valence-corrected chi connectivity index (χ4v) is 5.01. The fraction of sp³-hybridized carbons (Fsp3) is 0.300. The summed E-state index contributed by atoms with van der Waals surface area (Å²) in [4.78, 5) is 58.9. The number of nitrogens with one attached hydrogen (secondary N) is 2. The molecule has 11 heteroatoms. The van der Waals surface area contributed by atoms with E-state index in [2.05, 4.69) is 15.6 Å². The summed E-state index contributed by atoms with van der Waals surface area (Å²) in [6, 6.07) is 21.4. The number of esters is 2. The van der Waals surface area contributed by atoms with E-state index in [9.17, 15) is 19.2 Å². The number of rotatable bonds is 10. The highest BCUT2D eigenvalue weighted by Gasteiger charge is 2.29. The van der Waals surface area contributed by atoms with Crippen molar-refractivity contribution in [3.8, 4) is 11.3 Å². The first-order valence-corrected chi connectivity index (χ1v) is 14.2. The molecule has 1 aliphatic rings.